The fourth-order valence-corrected chi connectivity index (χ4v) is 3.58. The van der Waals surface area contributed by atoms with E-state index in [1.54, 1.807) is 23.6 Å². The standard InChI is InChI=1S/C17H18FNO2S/c1-17(8-4-5-9-17)21-16(20)14-11-22-15(19-14)10-12-6-2-3-7-13(12)18/h2-3,6-7,11H,4-5,8-10H2,1H3. The van der Waals surface area contributed by atoms with Gasteiger partial charge in [0.1, 0.15) is 11.4 Å². The van der Waals surface area contributed by atoms with Crippen molar-refractivity contribution in [2.45, 2.75) is 44.6 Å². The predicted molar refractivity (Wildman–Crippen MR) is 83.6 cm³/mol. The van der Waals surface area contributed by atoms with Crippen molar-refractivity contribution in [3.8, 4) is 0 Å². The second-order valence-electron chi connectivity index (χ2n) is 5.94. The van der Waals surface area contributed by atoms with E-state index in [4.69, 9.17) is 4.74 Å². The maximum atomic E-state index is 13.6. The molecule has 0 radical (unpaired) electrons. The number of rotatable bonds is 4. The van der Waals surface area contributed by atoms with Gasteiger partial charge < -0.3 is 4.74 Å². The lowest BCUT2D eigenvalue weighted by atomic mass is 10.1. The topological polar surface area (TPSA) is 39.2 Å². The minimum atomic E-state index is -0.375. The van der Waals surface area contributed by atoms with E-state index in [0.717, 1.165) is 25.7 Å². The minimum absolute atomic E-state index is 0.250. The van der Waals surface area contributed by atoms with Gasteiger partial charge in [-0.25, -0.2) is 14.2 Å². The van der Waals surface area contributed by atoms with Crippen LogP contribution in [0.15, 0.2) is 29.6 Å². The number of hydrogen-bond acceptors (Lipinski definition) is 4. The van der Waals surface area contributed by atoms with Crippen LogP contribution in [0.5, 0.6) is 0 Å². The first-order valence-corrected chi connectivity index (χ1v) is 8.35. The van der Waals surface area contributed by atoms with Gasteiger partial charge in [-0.1, -0.05) is 18.2 Å². The van der Waals surface area contributed by atoms with Gasteiger partial charge in [-0.3, -0.25) is 0 Å². The number of ether oxygens (including phenoxy) is 1. The summed E-state index contributed by atoms with van der Waals surface area (Å²) in [5.74, 6) is -0.624. The van der Waals surface area contributed by atoms with Crippen molar-refractivity contribution < 1.29 is 13.9 Å². The van der Waals surface area contributed by atoms with Crippen molar-refractivity contribution in [2.75, 3.05) is 0 Å². The molecule has 1 aromatic heterocycles. The largest absolute Gasteiger partial charge is 0.455 e. The van der Waals surface area contributed by atoms with Crippen LogP contribution in [0.4, 0.5) is 4.39 Å². The van der Waals surface area contributed by atoms with Gasteiger partial charge in [0, 0.05) is 11.8 Å². The quantitative estimate of drug-likeness (QED) is 0.786. The van der Waals surface area contributed by atoms with Crippen LogP contribution in [-0.4, -0.2) is 16.6 Å². The minimum Gasteiger partial charge on any atom is -0.455 e. The average molecular weight is 319 g/mol. The molecule has 116 valence electrons. The zero-order valence-corrected chi connectivity index (χ0v) is 13.3. The molecular weight excluding hydrogens is 301 g/mol. The number of hydrogen-bond donors (Lipinski definition) is 0. The Hall–Kier alpha value is -1.75. The molecule has 22 heavy (non-hydrogen) atoms. The van der Waals surface area contributed by atoms with E-state index in [9.17, 15) is 9.18 Å². The zero-order valence-electron chi connectivity index (χ0n) is 12.5. The summed E-state index contributed by atoms with van der Waals surface area (Å²) in [6.07, 6.45) is 4.40. The Kier molecular flexibility index (Phi) is 4.25. The lowest BCUT2D eigenvalue weighted by Crippen LogP contribution is -2.28. The van der Waals surface area contributed by atoms with Crippen LogP contribution in [0.3, 0.4) is 0 Å². The number of halogens is 1. The van der Waals surface area contributed by atoms with Crippen LogP contribution in [0, 0.1) is 5.82 Å². The molecular formula is C17H18FNO2S. The number of carbonyl (C=O) groups excluding carboxylic acids is 1. The Morgan fingerprint density at radius 1 is 1.36 bits per heavy atom. The highest BCUT2D eigenvalue weighted by atomic mass is 32.1. The maximum Gasteiger partial charge on any atom is 0.358 e. The highest BCUT2D eigenvalue weighted by Crippen LogP contribution is 2.33. The number of nitrogens with zero attached hydrogens (tertiary/aromatic N) is 1. The molecule has 0 bridgehead atoms. The first kappa shape index (κ1) is 15.2. The summed E-state index contributed by atoms with van der Waals surface area (Å²) in [6.45, 7) is 1.98. The van der Waals surface area contributed by atoms with E-state index in [-0.39, 0.29) is 17.4 Å². The third-order valence-corrected chi connectivity index (χ3v) is 4.91. The highest BCUT2D eigenvalue weighted by molar-refractivity contribution is 7.09. The van der Waals surface area contributed by atoms with Crippen LogP contribution in [0.2, 0.25) is 0 Å². The monoisotopic (exact) mass is 319 g/mol. The van der Waals surface area contributed by atoms with E-state index >= 15 is 0 Å². The Bertz CT molecular complexity index is 677. The van der Waals surface area contributed by atoms with Gasteiger partial charge in [-0.05, 0) is 44.2 Å². The first-order valence-electron chi connectivity index (χ1n) is 7.47. The van der Waals surface area contributed by atoms with Gasteiger partial charge in [0.05, 0.1) is 5.01 Å². The number of esters is 1. The van der Waals surface area contributed by atoms with Crippen molar-refractivity contribution in [1.29, 1.82) is 0 Å². The second kappa shape index (κ2) is 6.16. The van der Waals surface area contributed by atoms with Gasteiger partial charge in [0.15, 0.2) is 5.69 Å². The molecule has 0 amide bonds. The van der Waals surface area contributed by atoms with Gasteiger partial charge in [-0.2, -0.15) is 0 Å². The first-order chi connectivity index (χ1) is 10.6. The third-order valence-electron chi connectivity index (χ3n) is 4.06. The molecule has 1 aromatic carbocycles. The Labute approximate surface area is 133 Å². The summed E-state index contributed by atoms with van der Waals surface area (Å²) >= 11 is 1.36. The average Bonchev–Trinajstić information content (AvgIpc) is 3.11. The summed E-state index contributed by atoms with van der Waals surface area (Å²) in [7, 11) is 0. The van der Waals surface area contributed by atoms with Gasteiger partial charge >= 0.3 is 5.97 Å². The molecule has 0 atom stereocenters. The summed E-state index contributed by atoms with van der Waals surface area (Å²) in [4.78, 5) is 16.5. The Morgan fingerprint density at radius 3 is 2.82 bits per heavy atom. The SMILES string of the molecule is CC1(OC(=O)c2csc(Cc3ccccc3F)n2)CCCC1. The van der Waals surface area contributed by atoms with E-state index in [0.29, 0.717) is 22.7 Å². The number of benzene rings is 1. The summed E-state index contributed by atoms with van der Waals surface area (Å²) in [5.41, 5.74) is 0.552. The number of thiazole rings is 1. The fraction of sp³-hybridized carbons (Fsp3) is 0.412. The summed E-state index contributed by atoms with van der Waals surface area (Å²) in [5, 5.41) is 2.41. The van der Waals surface area contributed by atoms with Crippen LogP contribution in [0.1, 0.15) is 53.7 Å². The Morgan fingerprint density at radius 2 is 2.09 bits per heavy atom. The van der Waals surface area contributed by atoms with E-state index in [1.165, 1.54) is 17.4 Å². The molecule has 0 unspecified atom stereocenters. The van der Waals surface area contributed by atoms with Gasteiger partial charge in [0.2, 0.25) is 0 Å². The normalized spacial score (nSPS) is 16.6. The molecule has 0 saturated heterocycles. The van der Waals surface area contributed by atoms with Crippen LogP contribution < -0.4 is 0 Å². The summed E-state index contributed by atoms with van der Waals surface area (Å²) in [6, 6.07) is 6.61. The van der Waals surface area contributed by atoms with Crippen molar-refractivity contribution in [3.63, 3.8) is 0 Å². The van der Waals surface area contributed by atoms with Crippen molar-refractivity contribution in [2.24, 2.45) is 0 Å². The van der Waals surface area contributed by atoms with E-state index in [2.05, 4.69) is 4.98 Å². The molecule has 2 aromatic rings. The molecule has 1 heterocycles. The smallest absolute Gasteiger partial charge is 0.358 e. The van der Waals surface area contributed by atoms with Crippen molar-refractivity contribution >= 4 is 17.3 Å². The Balaban J connectivity index is 1.68. The molecule has 0 aliphatic heterocycles. The molecule has 3 rings (SSSR count). The van der Waals surface area contributed by atoms with Crippen LogP contribution in [-0.2, 0) is 11.2 Å². The van der Waals surface area contributed by atoms with Gasteiger partial charge in [0.25, 0.3) is 0 Å². The lowest BCUT2D eigenvalue weighted by molar-refractivity contribution is -0.00665. The zero-order chi connectivity index (χ0) is 15.6. The maximum absolute atomic E-state index is 13.6. The second-order valence-corrected chi connectivity index (χ2v) is 6.88. The lowest BCUT2D eigenvalue weighted by Gasteiger charge is -2.23. The van der Waals surface area contributed by atoms with Crippen molar-refractivity contribution in [3.05, 3.63) is 51.7 Å². The molecule has 3 nitrogen and oxygen atoms in total. The fourth-order valence-electron chi connectivity index (χ4n) is 2.79. The van der Waals surface area contributed by atoms with E-state index < -0.39 is 0 Å². The molecule has 0 spiro atoms. The molecule has 1 aliphatic carbocycles. The predicted octanol–water partition coefficient (Wildman–Crippen LogP) is 4.36. The summed E-state index contributed by atoms with van der Waals surface area (Å²) < 4.78 is 19.3. The molecule has 0 N–H and O–H groups in total. The molecule has 1 saturated carbocycles. The third kappa shape index (κ3) is 3.35. The molecule has 5 heteroatoms. The van der Waals surface area contributed by atoms with Gasteiger partial charge in [-0.15, -0.1) is 11.3 Å². The van der Waals surface area contributed by atoms with Crippen molar-refractivity contribution in [1.82, 2.24) is 4.98 Å². The number of carbonyl (C=O) groups is 1. The highest BCUT2D eigenvalue weighted by Gasteiger charge is 2.33. The molecule has 1 fully saturated rings. The molecule has 1 aliphatic rings. The van der Waals surface area contributed by atoms with Crippen LogP contribution in [0.25, 0.3) is 0 Å². The number of aromatic nitrogens is 1. The van der Waals surface area contributed by atoms with Crippen LogP contribution >= 0.6 is 11.3 Å². The van der Waals surface area contributed by atoms with E-state index in [1.807, 2.05) is 6.92 Å².